The molecular formula is C36H45ClN2O6. The number of ether oxygens (including phenoxy) is 2. The summed E-state index contributed by atoms with van der Waals surface area (Å²) in [7, 11) is 2.92. The molecule has 1 spiro atoms. The maximum Gasteiger partial charge on any atom is 0.343 e. The number of aryl methyl sites for hydroxylation is 1. The minimum Gasteiger partial charge on any atom is -0.490 e. The molecule has 9 heteroatoms. The van der Waals surface area contributed by atoms with E-state index in [0.29, 0.717) is 44.0 Å². The number of carbonyl (C=O) groups is 2. The Kier molecular flexibility index (Phi) is 8.94. The first-order valence-electron chi connectivity index (χ1n) is 16.3. The third kappa shape index (κ3) is 5.63. The van der Waals surface area contributed by atoms with Gasteiger partial charge in [-0.15, -0.1) is 0 Å². The van der Waals surface area contributed by atoms with Crippen LogP contribution >= 0.6 is 11.6 Å². The lowest BCUT2D eigenvalue weighted by atomic mass is 9.68. The van der Waals surface area contributed by atoms with Crippen LogP contribution in [0, 0.1) is 17.8 Å². The number of anilines is 1. The standard InChI is InChI=1S/C36H45ClN2O6/c1-4-28-33(41)38(2)17-6-5-9-31(40)27-13-10-24(27)20-39-21-35(16-7-8-23-18-26(37)12-14-29(23)35)22-45-32-15-11-25(19-30(32)39)36(28,43)34(42)44-3/h5,9,11-12,14-15,18-19,24,27-28,31,40,43H,4,6-8,10,13,16-17,20-22H2,1-3H3/b9-5-/t24-,27+,28+,31-,35-,36+/m0/s1. The summed E-state index contributed by atoms with van der Waals surface area (Å²) in [5, 5.41) is 24.2. The molecule has 1 saturated carbocycles. The van der Waals surface area contributed by atoms with E-state index in [1.807, 2.05) is 30.4 Å². The van der Waals surface area contributed by atoms with Crippen molar-refractivity contribution in [3.05, 3.63) is 70.3 Å². The van der Waals surface area contributed by atoms with Crippen LogP contribution in [0.1, 0.15) is 62.1 Å². The van der Waals surface area contributed by atoms with Crippen molar-refractivity contribution in [3.8, 4) is 5.75 Å². The van der Waals surface area contributed by atoms with Crippen LogP contribution in [0.2, 0.25) is 5.02 Å². The molecule has 2 aliphatic carbocycles. The van der Waals surface area contributed by atoms with Crippen LogP contribution < -0.4 is 9.64 Å². The SMILES string of the molecule is CC[C@@H]1C(=O)N(C)CC/C=C\[C@H](O)[C@@H]2CC[C@H]2CN2C[C@@]3(CCCc4cc(Cl)ccc43)COc3ccc(cc32)[C@]1(O)C(=O)OC. The Morgan fingerprint density at radius 2 is 2.02 bits per heavy atom. The third-order valence-corrected chi connectivity index (χ3v) is 11.1. The number of nitrogens with zero attached hydrogens (tertiary/aromatic N) is 2. The summed E-state index contributed by atoms with van der Waals surface area (Å²) in [6, 6.07) is 11.5. The smallest absolute Gasteiger partial charge is 0.343 e. The molecule has 2 heterocycles. The third-order valence-electron chi connectivity index (χ3n) is 10.9. The highest BCUT2D eigenvalue weighted by Crippen LogP contribution is 2.48. The Balaban J connectivity index is 1.50. The number of rotatable bonds is 2. The van der Waals surface area contributed by atoms with E-state index in [9.17, 15) is 19.8 Å². The molecule has 2 aromatic rings. The fourth-order valence-electron chi connectivity index (χ4n) is 8.19. The number of aliphatic hydroxyl groups is 2. The molecule has 0 saturated heterocycles. The Labute approximate surface area is 270 Å². The average molecular weight is 637 g/mol. The summed E-state index contributed by atoms with van der Waals surface area (Å²) in [6.45, 7) is 4.03. The van der Waals surface area contributed by atoms with Crippen LogP contribution in [-0.2, 0) is 31.8 Å². The minimum atomic E-state index is -2.20. The zero-order chi connectivity index (χ0) is 31.9. The van der Waals surface area contributed by atoms with Crippen LogP contribution in [0.4, 0.5) is 5.69 Å². The van der Waals surface area contributed by atoms with E-state index in [1.54, 1.807) is 24.9 Å². The fraction of sp³-hybridized carbons (Fsp3) is 0.556. The first-order valence-corrected chi connectivity index (χ1v) is 16.7. The van der Waals surface area contributed by atoms with E-state index < -0.39 is 23.6 Å². The van der Waals surface area contributed by atoms with Gasteiger partial charge in [-0.3, -0.25) is 4.79 Å². The summed E-state index contributed by atoms with van der Waals surface area (Å²) in [6.07, 6.45) is 8.88. The maximum absolute atomic E-state index is 13.8. The van der Waals surface area contributed by atoms with Crippen molar-refractivity contribution >= 4 is 29.2 Å². The van der Waals surface area contributed by atoms with E-state index in [-0.39, 0.29) is 29.6 Å². The number of fused-ring (bicyclic) bond motifs is 4. The molecular weight excluding hydrogens is 592 g/mol. The molecule has 1 fully saturated rings. The average Bonchev–Trinajstić information content (AvgIpc) is 3.17. The van der Waals surface area contributed by atoms with Gasteiger partial charge in [-0.1, -0.05) is 42.8 Å². The van der Waals surface area contributed by atoms with Gasteiger partial charge in [-0.05, 0) is 97.7 Å². The van der Waals surface area contributed by atoms with Crippen LogP contribution in [0.15, 0.2) is 48.6 Å². The molecule has 0 aromatic heterocycles. The van der Waals surface area contributed by atoms with Crippen molar-refractivity contribution < 1.29 is 29.3 Å². The summed E-state index contributed by atoms with van der Waals surface area (Å²) in [5.41, 5.74) is 1.08. The monoisotopic (exact) mass is 636 g/mol. The molecule has 1 amide bonds. The molecule has 2 aromatic carbocycles. The number of hydrogen-bond acceptors (Lipinski definition) is 7. The first kappa shape index (κ1) is 31.9. The number of halogens is 1. The maximum atomic E-state index is 13.8. The van der Waals surface area contributed by atoms with E-state index in [4.69, 9.17) is 21.1 Å². The van der Waals surface area contributed by atoms with Gasteiger partial charge < -0.3 is 29.5 Å². The quantitative estimate of drug-likeness (QED) is 0.353. The van der Waals surface area contributed by atoms with Gasteiger partial charge in [-0.2, -0.15) is 0 Å². The van der Waals surface area contributed by atoms with Gasteiger partial charge in [0.2, 0.25) is 5.91 Å². The highest BCUT2D eigenvalue weighted by Gasteiger charge is 2.51. The van der Waals surface area contributed by atoms with Crippen molar-refractivity contribution in [3.63, 3.8) is 0 Å². The second-order valence-corrected chi connectivity index (χ2v) is 13.9. The summed E-state index contributed by atoms with van der Waals surface area (Å²) >= 11 is 6.43. The Morgan fingerprint density at radius 3 is 2.76 bits per heavy atom. The highest BCUT2D eigenvalue weighted by atomic mass is 35.5. The van der Waals surface area contributed by atoms with Gasteiger partial charge in [0, 0.05) is 37.1 Å². The van der Waals surface area contributed by atoms with Gasteiger partial charge in [-0.25, -0.2) is 4.79 Å². The molecule has 0 radical (unpaired) electrons. The largest absolute Gasteiger partial charge is 0.490 e. The predicted octanol–water partition coefficient (Wildman–Crippen LogP) is 5.01. The van der Waals surface area contributed by atoms with Crippen LogP contribution in [0.3, 0.4) is 0 Å². The lowest BCUT2D eigenvalue weighted by molar-refractivity contribution is -0.176. The van der Waals surface area contributed by atoms with Crippen LogP contribution in [0.5, 0.6) is 5.75 Å². The minimum absolute atomic E-state index is 0.120. The fourth-order valence-corrected chi connectivity index (χ4v) is 8.39. The molecule has 6 rings (SSSR count). The van der Waals surface area contributed by atoms with Gasteiger partial charge in [0.05, 0.1) is 31.4 Å². The summed E-state index contributed by atoms with van der Waals surface area (Å²) < 4.78 is 11.8. The molecule has 4 aliphatic rings. The number of aliphatic hydroxyl groups excluding tert-OH is 1. The number of amides is 1. The Hall–Kier alpha value is -3.07. The number of carbonyl (C=O) groups excluding carboxylic acids is 2. The second kappa shape index (κ2) is 12.6. The molecule has 8 nitrogen and oxygen atoms in total. The van der Waals surface area contributed by atoms with E-state index in [0.717, 1.165) is 42.8 Å². The van der Waals surface area contributed by atoms with Crippen molar-refractivity contribution in [1.82, 2.24) is 4.90 Å². The van der Waals surface area contributed by atoms with E-state index in [2.05, 4.69) is 17.0 Å². The van der Waals surface area contributed by atoms with Gasteiger partial charge in [0.25, 0.3) is 0 Å². The molecule has 2 N–H and O–H groups in total. The number of esters is 1. The Morgan fingerprint density at radius 1 is 1.20 bits per heavy atom. The predicted molar refractivity (Wildman–Crippen MR) is 174 cm³/mol. The lowest BCUT2D eigenvalue weighted by Gasteiger charge is -2.45. The van der Waals surface area contributed by atoms with Crippen LogP contribution in [0.25, 0.3) is 0 Å². The van der Waals surface area contributed by atoms with Gasteiger partial charge in [0.15, 0.2) is 5.60 Å². The lowest BCUT2D eigenvalue weighted by Crippen LogP contribution is -2.51. The topological polar surface area (TPSA) is 99.5 Å². The summed E-state index contributed by atoms with van der Waals surface area (Å²) in [4.78, 5) is 31.2. The summed E-state index contributed by atoms with van der Waals surface area (Å²) in [5.74, 6) is -1.23. The number of hydrogen-bond donors (Lipinski definition) is 2. The van der Waals surface area contributed by atoms with Crippen LogP contribution in [-0.4, -0.2) is 73.5 Å². The van der Waals surface area contributed by atoms with Crippen molar-refractivity contribution in [2.24, 2.45) is 17.8 Å². The number of methoxy groups -OCH3 is 1. The number of benzene rings is 2. The zero-order valence-corrected chi connectivity index (χ0v) is 27.3. The van der Waals surface area contributed by atoms with Crippen molar-refractivity contribution in [2.75, 3.05) is 45.3 Å². The van der Waals surface area contributed by atoms with Crippen molar-refractivity contribution in [2.45, 2.75) is 69.0 Å². The second-order valence-electron chi connectivity index (χ2n) is 13.5. The highest BCUT2D eigenvalue weighted by molar-refractivity contribution is 6.30. The normalized spacial score (nSPS) is 32.4. The van der Waals surface area contributed by atoms with Gasteiger partial charge >= 0.3 is 5.97 Å². The molecule has 45 heavy (non-hydrogen) atoms. The van der Waals surface area contributed by atoms with E-state index >= 15 is 0 Å². The molecule has 2 bridgehead atoms. The molecule has 2 aliphatic heterocycles. The van der Waals surface area contributed by atoms with Crippen molar-refractivity contribution in [1.29, 1.82) is 0 Å². The Bertz CT molecular complexity index is 1480. The molecule has 0 unspecified atom stereocenters. The van der Waals surface area contributed by atoms with Gasteiger partial charge in [0.1, 0.15) is 5.75 Å². The first-order chi connectivity index (χ1) is 21.6. The molecule has 6 atom stereocenters. The molecule has 242 valence electrons. The van der Waals surface area contributed by atoms with E-state index in [1.165, 1.54) is 18.2 Å². The zero-order valence-electron chi connectivity index (χ0n) is 26.5.